The molecule has 3 rings (SSSR count). The van der Waals surface area contributed by atoms with Crippen molar-refractivity contribution in [3.8, 4) is 0 Å². The molecule has 1 saturated carbocycles. The van der Waals surface area contributed by atoms with Crippen LogP contribution in [0.5, 0.6) is 0 Å². The lowest BCUT2D eigenvalue weighted by Crippen LogP contribution is -2.19. The van der Waals surface area contributed by atoms with Crippen molar-refractivity contribution in [3.63, 3.8) is 0 Å². The van der Waals surface area contributed by atoms with Crippen LogP contribution in [-0.4, -0.2) is 31.2 Å². The molecular weight excluding hydrogens is 272 g/mol. The minimum atomic E-state index is -0.396. The van der Waals surface area contributed by atoms with Gasteiger partial charge in [0.05, 0.1) is 11.5 Å². The Labute approximate surface area is 121 Å². The first kappa shape index (κ1) is 13.6. The summed E-state index contributed by atoms with van der Waals surface area (Å²) in [5.74, 6) is 0.823. The van der Waals surface area contributed by atoms with Crippen LogP contribution in [0.1, 0.15) is 24.2 Å². The third kappa shape index (κ3) is 3.60. The first-order valence-electron chi connectivity index (χ1n) is 6.94. The largest absolute Gasteiger partial charge is 0.307 e. The molecule has 0 spiro atoms. The van der Waals surface area contributed by atoms with Crippen molar-refractivity contribution in [2.75, 3.05) is 0 Å². The van der Waals surface area contributed by atoms with Gasteiger partial charge in [-0.15, -0.1) is 5.10 Å². The summed E-state index contributed by atoms with van der Waals surface area (Å²) in [5, 5.41) is 25.7. The Morgan fingerprint density at radius 2 is 2.10 bits per heavy atom. The Morgan fingerprint density at radius 1 is 1.33 bits per heavy atom. The number of nitro benzene ring substituents is 1. The number of nitrogens with zero attached hydrogens (tertiary/aromatic N) is 5. The van der Waals surface area contributed by atoms with Gasteiger partial charge in [0, 0.05) is 24.7 Å². The molecule has 1 N–H and O–H groups in total. The zero-order valence-corrected chi connectivity index (χ0v) is 11.5. The highest BCUT2D eigenvalue weighted by Gasteiger charge is 2.21. The zero-order valence-electron chi connectivity index (χ0n) is 11.5. The molecule has 21 heavy (non-hydrogen) atoms. The Morgan fingerprint density at radius 3 is 2.76 bits per heavy atom. The molecule has 0 amide bonds. The van der Waals surface area contributed by atoms with E-state index in [1.165, 1.54) is 25.0 Å². The summed E-state index contributed by atoms with van der Waals surface area (Å²) in [6.07, 6.45) is 3.19. The predicted molar refractivity (Wildman–Crippen MR) is 74.5 cm³/mol. The van der Waals surface area contributed by atoms with E-state index in [-0.39, 0.29) is 5.69 Å². The lowest BCUT2D eigenvalue weighted by atomic mass is 10.1. The van der Waals surface area contributed by atoms with Crippen LogP contribution in [0.2, 0.25) is 0 Å². The van der Waals surface area contributed by atoms with Gasteiger partial charge < -0.3 is 5.32 Å². The lowest BCUT2D eigenvalue weighted by molar-refractivity contribution is -0.384. The third-order valence-corrected chi connectivity index (χ3v) is 3.49. The van der Waals surface area contributed by atoms with E-state index in [0.717, 1.165) is 17.8 Å². The fraction of sp³-hybridized carbons (Fsp3) is 0.462. The van der Waals surface area contributed by atoms with Crippen LogP contribution in [0.3, 0.4) is 0 Å². The average molecular weight is 288 g/mol. The van der Waals surface area contributed by atoms with Crippen molar-refractivity contribution < 1.29 is 4.92 Å². The van der Waals surface area contributed by atoms with Crippen LogP contribution in [0.4, 0.5) is 5.69 Å². The smallest absolute Gasteiger partial charge is 0.269 e. The number of aryl methyl sites for hydroxylation is 2. The maximum absolute atomic E-state index is 10.6. The number of nitrogens with one attached hydrogen (secondary N) is 1. The molecule has 110 valence electrons. The van der Waals surface area contributed by atoms with Crippen LogP contribution in [-0.2, 0) is 19.5 Å². The number of rotatable bonds is 7. The average Bonchev–Trinajstić information content (AvgIpc) is 3.21. The van der Waals surface area contributed by atoms with E-state index < -0.39 is 4.92 Å². The molecule has 0 bridgehead atoms. The summed E-state index contributed by atoms with van der Waals surface area (Å²) in [5.41, 5.74) is 1.13. The molecule has 1 aromatic carbocycles. The van der Waals surface area contributed by atoms with Crippen LogP contribution < -0.4 is 5.32 Å². The van der Waals surface area contributed by atoms with Gasteiger partial charge in [0.25, 0.3) is 5.69 Å². The van der Waals surface area contributed by atoms with Gasteiger partial charge in [-0.1, -0.05) is 12.1 Å². The van der Waals surface area contributed by atoms with Gasteiger partial charge in [-0.05, 0) is 35.3 Å². The first-order valence-corrected chi connectivity index (χ1v) is 6.94. The SMILES string of the molecule is O=[N+]([O-])c1ccc(CCn2nnnc2CNC2CC2)cc1. The van der Waals surface area contributed by atoms with E-state index in [1.54, 1.807) is 16.8 Å². The van der Waals surface area contributed by atoms with Crippen LogP contribution >= 0.6 is 0 Å². The van der Waals surface area contributed by atoms with E-state index in [1.807, 2.05) is 0 Å². The predicted octanol–water partition coefficient (Wildman–Crippen LogP) is 1.08. The fourth-order valence-electron chi connectivity index (χ4n) is 2.07. The van der Waals surface area contributed by atoms with Crippen molar-refractivity contribution in [2.24, 2.45) is 0 Å². The molecule has 0 saturated heterocycles. The summed E-state index contributed by atoms with van der Waals surface area (Å²) < 4.78 is 1.77. The number of tetrazole rings is 1. The van der Waals surface area contributed by atoms with Gasteiger partial charge in [0.2, 0.25) is 0 Å². The Balaban J connectivity index is 1.56. The maximum atomic E-state index is 10.6. The number of benzene rings is 1. The van der Waals surface area contributed by atoms with E-state index in [0.29, 0.717) is 19.1 Å². The number of nitro groups is 1. The van der Waals surface area contributed by atoms with Gasteiger partial charge >= 0.3 is 0 Å². The fourth-order valence-corrected chi connectivity index (χ4v) is 2.07. The van der Waals surface area contributed by atoms with Crippen molar-refractivity contribution in [1.29, 1.82) is 0 Å². The normalized spacial score (nSPS) is 14.3. The zero-order chi connectivity index (χ0) is 14.7. The molecule has 8 nitrogen and oxygen atoms in total. The highest BCUT2D eigenvalue weighted by Crippen LogP contribution is 2.19. The molecule has 1 aliphatic rings. The van der Waals surface area contributed by atoms with Crippen LogP contribution in [0.15, 0.2) is 24.3 Å². The molecule has 0 atom stereocenters. The lowest BCUT2D eigenvalue weighted by Gasteiger charge is -2.05. The van der Waals surface area contributed by atoms with Crippen LogP contribution in [0, 0.1) is 10.1 Å². The topological polar surface area (TPSA) is 98.8 Å². The standard InChI is InChI=1S/C13H16N6O2/c20-19(21)12-5-1-10(2-6-12)7-8-18-13(15-16-17-18)9-14-11-3-4-11/h1-2,5-6,11,14H,3-4,7-9H2. The number of hydrogen-bond acceptors (Lipinski definition) is 6. The molecule has 1 heterocycles. The number of aromatic nitrogens is 4. The molecule has 1 aromatic heterocycles. The minimum Gasteiger partial charge on any atom is -0.307 e. The summed E-state index contributed by atoms with van der Waals surface area (Å²) >= 11 is 0. The van der Waals surface area contributed by atoms with E-state index in [2.05, 4.69) is 20.8 Å². The Kier molecular flexibility index (Phi) is 3.87. The molecule has 0 radical (unpaired) electrons. The van der Waals surface area contributed by atoms with Gasteiger partial charge in [-0.3, -0.25) is 10.1 Å². The molecule has 8 heteroatoms. The van der Waals surface area contributed by atoms with E-state index >= 15 is 0 Å². The van der Waals surface area contributed by atoms with Crippen molar-refractivity contribution in [2.45, 2.75) is 38.4 Å². The Hall–Kier alpha value is -2.35. The summed E-state index contributed by atoms with van der Waals surface area (Å²) in [6.45, 7) is 1.34. The van der Waals surface area contributed by atoms with Gasteiger partial charge in [0.15, 0.2) is 5.82 Å². The second-order valence-electron chi connectivity index (χ2n) is 5.15. The molecule has 2 aromatic rings. The Bertz CT molecular complexity index is 620. The van der Waals surface area contributed by atoms with Crippen molar-refractivity contribution >= 4 is 5.69 Å². The minimum absolute atomic E-state index is 0.107. The third-order valence-electron chi connectivity index (χ3n) is 3.49. The highest BCUT2D eigenvalue weighted by atomic mass is 16.6. The summed E-state index contributed by atoms with van der Waals surface area (Å²) in [6, 6.07) is 7.19. The monoisotopic (exact) mass is 288 g/mol. The van der Waals surface area contributed by atoms with E-state index in [4.69, 9.17) is 0 Å². The number of non-ortho nitro benzene ring substituents is 1. The van der Waals surface area contributed by atoms with Crippen LogP contribution in [0.25, 0.3) is 0 Å². The molecular formula is C13H16N6O2. The summed E-state index contributed by atoms with van der Waals surface area (Å²) in [4.78, 5) is 10.2. The second-order valence-corrected chi connectivity index (χ2v) is 5.15. The second kappa shape index (κ2) is 5.96. The molecule has 0 unspecified atom stereocenters. The van der Waals surface area contributed by atoms with E-state index in [9.17, 15) is 10.1 Å². The molecule has 1 fully saturated rings. The first-order chi connectivity index (χ1) is 10.2. The molecule has 1 aliphatic carbocycles. The van der Waals surface area contributed by atoms with Gasteiger partial charge in [-0.2, -0.15) is 0 Å². The summed E-state index contributed by atoms with van der Waals surface area (Å²) in [7, 11) is 0. The quantitative estimate of drug-likeness (QED) is 0.604. The van der Waals surface area contributed by atoms with Crippen molar-refractivity contribution in [3.05, 3.63) is 45.8 Å². The number of hydrogen-bond donors (Lipinski definition) is 1. The molecule has 0 aliphatic heterocycles. The maximum Gasteiger partial charge on any atom is 0.269 e. The van der Waals surface area contributed by atoms with Crippen molar-refractivity contribution in [1.82, 2.24) is 25.5 Å². The van der Waals surface area contributed by atoms with Gasteiger partial charge in [0.1, 0.15) is 0 Å². The highest BCUT2D eigenvalue weighted by molar-refractivity contribution is 5.32. The van der Waals surface area contributed by atoms with Gasteiger partial charge in [-0.25, -0.2) is 4.68 Å².